The van der Waals surface area contributed by atoms with Crippen LogP contribution in [0.1, 0.15) is 43.1 Å². The Bertz CT molecular complexity index is 1060. The number of nitrogens with one attached hydrogen (secondary N) is 2. The standard InChI is InChI=1S/C23H24N4O2/c1-15-8-9-18(10-16(15)2)22(28)26-19-11-21-20(13-25-27(21)14-19)23(29)24-12-17-6-4-3-5-7-17/h3-10,13,19H,11-12,14H2,1-2H3,(H,24,29)(H,26,28). The van der Waals surface area contributed by atoms with E-state index in [9.17, 15) is 9.59 Å². The molecule has 2 N–H and O–H groups in total. The number of carbonyl (C=O) groups is 2. The van der Waals surface area contributed by atoms with Gasteiger partial charge in [0.15, 0.2) is 0 Å². The molecule has 29 heavy (non-hydrogen) atoms. The Labute approximate surface area is 169 Å². The summed E-state index contributed by atoms with van der Waals surface area (Å²) in [6, 6.07) is 15.4. The molecule has 0 spiro atoms. The molecule has 6 nitrogen and oxygen atoms in total. The van der Waals surface area contributed by atoms with Crippen LogP contribution in [0.3, 0.4) is 0 Å². The van der Waals surface area contributed by atoms with Gasteiger partial charge in [-0.15, -0.1) is 0 Å². The summed E-state index contributed by atoms with van der Waals surface area (Å²) < 4.78 is 1.81. The number of aryl methyl sites for hydroxylation is 2. The summed E-state index contributed by atoms with van der Waals surface area (Å²) >= 11 is 0. The lowest BCUT2D eigenvalue weighted by molar-refractivity contribution is 0.0934. The molecule has 2 amide bonds. The summed E-state index contributed by atoms with van der Waals surface area (Å²) in [4.78, 5) is 25.2. The quantitative estimate of drug-likeness (QED) is 0.706. The van der Waals surface area contributed by atoms with Crippen LogP contribution in [-0.2, 0) is 19.5 Å². The molecule has 1 aliphatic rings. The van der Waals surface area contributed by atoms with E-state index in [-0.39, 0.29) is 17.9 Å². The van der Waals surface area contributed by atoms with Crippen molar-refractivity contribution in [3.8, 4) is 0 Å². The van der Waals surface area contributed by atoms with Gasteiger partial charge in [-0.1, -0.05) is 36.4 Å². The third-order valence-electron chi connectivity index (χ3n) is 5.43. The van der Waals surface area contributed by atoms with E-state index in [0.29, 0.717) is 30.6 Å². The highest BCUT2D eigenvalue weighted by molar-refractivity contribution is 5.96. The highest BCUT2D eigenvalue weighted by Gasteiger charge is 2.29. The van der Waals surface area contributed by atoms with Gasteiger partial charge in [0, 0.05) is 18.5 Å². The minimum absolute atomic E-state index is 0.0755. The molecule has 1 unspecified atom stereocenters. The normalized spacial score (nSPS) is 15.0. The molecule has 2 heterocycles. The van der Waals surface area contributed by atoms with Crippen molar-refractivity contribution >= 4 is 11.8 Å². The van der Waals surface area contributed by atoms with Crippen LogP contribution >= 0.6 is 0 Å². The molecule has 0 aliphatic carbocycles. The summed E-state index contributed by atoms with van der Waals surface area (Å²) in [5, 5.41) is 10.3. The molecule has 0 saturated carbocycles. The maximum absolute atomic E-state index is 12.6. The van der Waals surface area contributed by atoms with Gasteiger partial charge in [0.2, 0.25) is 0 Å². The molecule has 6 heteroatoms. The van der Waals surface area contributed by atoms with Gasteiger partial charge in [-0.25, -0.2) is 0 Å². The van der Waals surface area contributed by atoms with Gasteiger partial charge in [-0.2, -0.15) is 5.10 Å². The summed E-state index contributed by atoms with van der Waals surface area (Å²) in [6.07, 6.45) is 2.20. The maximum Gasteiger partial charge on any atom is 0.255 e. The average molecular weight is 388 g/mol. The van der Waals surface area contributed by atoms with E-state index < -0.39 is 0 Å². The largest absolute Gasteiger partial charge is 0.348 e. The number of hydrogen-bond acceptors (Lipinski definition) is 3. The van der Waals surface area contributed by atoms with E-state index in [4.69, 9.17) is 0 Å². The van der Waals surface area contributed by atoms with Gasteiger partial charge >= 0.3 is 0 Å². The molecule has 148 valence electrons. The van der Waals surface area contributed by atoms with Gasteiger partial charge in [-0.05, 0) is 42.7 Å². The second kappa shape index (κ2) is 7.91. The predicted octanol–water partition coefficient (Wildman–Crippen LogP) is 2.78. The third-order valence-corrected chi connectivity index (χ3v) is 5.43. The predicted molar refractivity (Wildman–Crippen MR) is 111 cm³/mol. The second-order valence-electron chi connectivity index (χ2n) is 7.53. The van der Waals surface area contributed by atoms with Crippen molar-refractivity contribution in [3.05, 3.63) is 88.2 Å². The highest BCUT2D eigenvalue weighted by atomic mass is 16.2. The molecule has 3 aromatic rings. The van der Waals surface area contributed by atoms with Crippen LogP contribution in [0, 0.1) is 13.8 Å². The number of hydrogen-bond donors (Lipinski definition) is 2. The average Bonchev–Trinajstić information content (AvgIpc) is 3.29. The van der Waals surface area contributed by atoms with Crippen molar-refractivity contribution in [2.75, 3.05) is 0 Å². The molecule has 0 fully saturated rings. The first-order valence-electron chi connectivity index (χ1n) is 9.76. The van der Waals surface area contributed by atoms with E-state index in [1.807, 2.05) is 67.1 Å². The minimum Gasteiger partial charge on any atom is -0.348 e. The second-order valence-corrected chi connectivity index (χ2v) is 7.53. The fourth-order valence-electron chi connectivity index (χ4n) is 3.60. The van der Waals surface area contributed by atoms with Gasteiger partial charge in [0.25, 0.3) is 11.8 Å². The molecule has 2 aromatic carbocycles. The van der Waals surface area contributed by atoms with Crippen LogP contribution in [-0.4, -0.2) is 27.6 Å². The fraction of sp³-hybridized carbons (Fsp3) is 0.261. The van der Waals surface area contributed by atoms with E-state index >= 15 is 0 Å². The third kappa shape index (κ3) is 4.06. The molecule has 1 atom stereocenters. The number of amides is 2. The summed E-state index contributed by atoms with van der Waals surface area (Å²) in [5.74, 6) is -0.241. The van der Waals surface area contributed by atoms with Crippen molar-refractivity contribution < 1.29 is 9.59 Å². The van der Waals surface area contributed by atoms with E-state index in [1.165, 1.54) is 0 Å². The van der Waals surface area contributed by atoms with E-state index in [1.54, 1.807) is 6.20 Å². The Morgan fingerprint density at radius 3 is 2.62 bits per heavy atom. The van der Waals surface area contributed by atoms with Gasteiger partial charge in [-0.3, -0.25) is 14.3 Å². The smallest absolute Gasteiger partial charge is 0.255 e. The number of carbonyl (C=O) groups excluding carboxylic acids is 2. The zero-order valence-electron chi connectivity index (χ0n) is 16.6. The molecule has 4 rings (SSSR count). The topological polar surface area (TPSA) is 76.0 Å². The van der Waals surface area contributed by atoms with Crippen LogP contribution in [0.5, 0.6) is 0 Å². The summed E-state index contributed by atoms with van der Waals surface area (Å²) in [5.41, 5.74) is 5.38. The Morgan fingerprint density at radius 2 is 1.86 bits per heavy atom. The van der Waals surface area contributed by atoms with Crippen molar-refractivity contribution in [3.63, 3.8) is 0 Å². The Hall–Kier alpha value is -3.41. The number of fused-ring (bicyclic) bond motifs is 1. The van der Waals surface area contributed by atoms with Gasteiger partial charge < -0.3 is 10.6 Å². The summed E-state index contributed by atoms with van der Waals surface area (Å²) in [7, 11) is 0. The van der Waals surface area contributed by atoms with E-state index in [2.05, 4.69) is 15.7 Å². The highest BCUT2D eigenvalue weighted by Crippen LogP contribution is 2.20. The molecule has 0 radical (unpaired) electrons. The fourth-order valence-corrected chi connectivity index (χ4v) is 3.60. The molecule has 0 bridgehead atoms. The lowest BCUT2D eigenvalue weighted by Gasteiger charge is -2.12. The monoisotopic (exact) mass is 388 g/mol. The Balaban J connectivity index is 1.38. The molecular weight excluding hydrogens is 364 g/mol. The number of nitrogens with zero attached hydrogens (tertiary/aromatic N) is 2. The minimum atomic E-state index is -0.142. The van der Waals surface area contributed by atoms with Crippen LogP contribution in [0.15, 0.2) is 54.7 Å². The Kier molecular flexibility index (Phi) is 5.16. The molecule has 1 aromatic heterocycles. The van der Waals surface area contributed by atoms with Crippen LogP contribution < -0.4 is 10.6 Å². The number of aromatic nitrogens is 2. The first-order chi connectivity index (χ1) is 14.0. The van der Waals surface area contributed by atoms with E-state index in [0.717, 1.165) is 22.4 Å². The van der Waals surface area contributed by atoms with Crippen LogP contribution in [0.25, 0.3) is 0 Å². The number of rotatable bonds is 5. The van der Waals surface area contributed by atoms with Gasteiger partial charge in [0.1, 0.15) is 0 Å². The van der Waals surface area contributed by atoms with Crippen LogP contribution in [0.4, 0.5) is 0 Å². The first-order valence-corrected chi connectivity index (χ1v) is 9.76. The summed E-state index contributed by atoms with van der Waals surface area (Å²) in [6.45, 7) is 5.06. The van der Waals surface area contributed by atoms with Crippen molar-refractivity contribution in [2.24, 2.45) is 0 Å². The van der Waals surface area contributed by atoms with Crippen LogP contribution in [0.2, 0.25) is 0 Å². The van der Waals surface area contributed by atoms with Crippen molar-refractivity contribution in [2.45, 2.75) is 39.4 Å². The number of benzene rings is 2. The van der Waals surface area contributed by atoms with Crippen molar-refractivity contribution in [1.29, 1.82) is 0 Å². The molecular formula is C23H24N4O2. The maximum atomic E-state index is 12.6. The SMILES string of the molecule is Cc1ccc(C(=O)NC2Cc3c(C(=O)NCc4ccccc4)cnn3C2)cc1C. The van der Waals surface area contributed by atoms with Crippen molar-refractivity contribution in [1.82, 2.24) is 20.4 Å². The van der Waals surface area contributed by atoms with Gasteiger partial charge in [0.05, 0.1) is 30.0 Å². The molecule has 1 aliphatic heterocycles. The lowest BCUT2D eigenvalue weighted by Crippen LogP contribution is -2.36. The Morgan fingerprint density at radius 1 is 1.07 bits per heavy atom. The molecule has 0 saturated heterocycles. The first kappa shape index (κ1) is 18.9. The lowest BCUT2D eigenvalue weighted by atomic mass is 10.1. The zero-order chi connectivity index (χ0) is 20.4. The zero-order valence-corrected chi connectivity index (χ0v) is 16.6.